The second-order valence-corrected chi connectivity index (χ2v) is 6.54. The smallest absolute Gasteiger partial charge is 0.0713 e. The van der Waals surface area contributed by atoms with E-state index in [1.165, 1.54) is 40.8 Å². The minimum absolute atomic E-state index is 0.656. The van der Waals surface area contributed by atoms with Gasteiger partial charge in [-0.15, -0.1) is 0 Å². The lowest BCUT2D eigenvalue weighted by Crippen LogP contribution is -2.33. The van der Waals surface area contributed by atoms with Crippen molar-refractivity contribution in [3.8, 4) is 11.1 Å². The molecule has 1 saturated heterocycles. The first-order valence-electron chi connectivity index (χ1n) is 8.54. The van der Waals surface area contributed by atoms with Crippen LogP contribution in [0.4, 0.5) is 5.69 Å². The molecule has 1 unspecified atom stereocenters. The number of anilines is 1. The molecule has 0 spiro atoms. The van der Waals surface area contributed by atoms with Crippen LogP contribution in [0.1, 0.15) is 17.5 Å². The van der Waals surface area contributed by atoms with Gasteiger partial charge < -0.3 is 15.0 Å². The van der Waals surface area contributed by atoms with Gasteiger partial charge >= 0.3 is 0 Å². The highest BCUT2D eigenvalue weighted by molar-refractivity contribution is 5.83. The van der Waals surface area contributed by atoms with Gasteiger partial charge in [-0.05, 0) is 42.1 Å². The molecule has 2 aliphatic rings. The standard InChI is InChI=1S/C20H24N2O/c1-23-14-15-4-2-5-16(12-15)19-7-3-6-17-13-18-8-9-21-10-11-22(18)20(17)19/h2-7,12,18,21H,8-11,13-14H2,1H3. The van der Waals surface area contributed by atoms with E-state index in [9.17, 15) is 0 Å². The number of hydrogen-bond acceptors (Lipinski definition) is 3. The highest BCUT2D eigenvalue weighted by Gasteiger charge is 2.31. The first-order chi connectivity index (χ1) is 11.4. The molecule has 2 aromatic rings. The van der Waals surface area contributed by atoms with Crippen molar-refractivity contribution in [1.29, 1.82) is 0 Å². The zero-order valence-electron chi connectivity index (χ0n) is 13.7. The monoisotopic (exact) mass is 308 g/mol. The van der Waals surface area contributed by atoms with Crippen LogP contribution >= 0.6 is 0 Å². The lowest BCUT2D eigenvalue weighted by Gasteiger charge is -2.26. The van der Waals surface area contributed by atoms with Crippen molar-refractivity contribution in [3.63, 3.8) is 0 Å². The fourth-order valence-corrected chi connectivity index (χ4v) is 4.02. The van der Waals surface area contributed by atoms with Gasteiger partial charge in [0.25, 0.3) is 0 Å². The van der Waals surface area contributed by atoms with Gasteiger partial charge in [0.1, 0.15) is 0 Å². The third kappa shape index (κ3) is 2.75. The fourth-order valence-electron chi connectivity index (χ4n) is 4.02. The van der Waals surface area contributed by atoms with E-state index in [0.717, 1.165) is 19.6 Å². The summed E-state index contributed by atoms with van der Waals surface area (Å²) in [7, 11) is 1.75. The van der Waals surface area contributed by atoms with Crippen molar-refractivity contribution in [2.75, 3.05) is 31.6 Å². The molecule has 0 saturated carbocycles. The van der Waals surface area contributed by atoms with Crippen molar-refractivity contribution in [1.82, 2.24) is 5.32 Å². The third-order valence-electron chi connectivity index (χ3n) is 5.04. The Morgan fingerprint density at radius 3 is 3.00 bits per heavy atom. The maximum atomic E-state index is 5.30. The van der Waals surface area contributed by atoms with E-state index >= 15 is 0 Å². The minimum atomic E-state index is 0.656. The average Bonchev–Trinajstić information content (AvgIpc) is 2.77. The molecule has 0 bridgehead atoms. The molecule has 3 nitrogen and oxygen atoms in total. The summed E-state index contributed by atoms with van der Waals surface area (Å²) in [6.07, 6.45) is 2.42. The number of para-hydroxylation sites is 1. The summed E-state index contributed by atoms with van der Waals surface area (Å²) in [5.41, 5.74) is 6.86. The molecule has 0 aromatic heterocycles. The van der Waals surface area contributed by atoms with Crippen LogP contribution in [0.15, 0.2) is 42.5 Å². The molecule has 1 N–H and O–H groups in total. The Bertz CT molecular complexity index is 698. The van der Waals surface area contributed by atoms with Crippen molar-refractivity contribution < 1.29 is 4.74 Å². The van der Waals surface area contributed by atoms with Crippen molar-refractivity contribution in [2.45, 2.75) is 25.5 Å². The molecule has 2 aliphatic heterocycles. The van der Waals surface area contributed by atoms with E-state index in [2.05, 4.69) is 52.7 Å². The van der Waals surface area contributed by atoms with Crippen LogP contribution in [0.2, 0.25) is 0 Å². The van der Waals surface area contributed by atoms with E-state index in [1.807, 2.05) is 0 Å². The Balaban J connectivity index is 1.77. The molecule has 120 valence electrons. The Labute approximate surface area is 138 Å². The van der Waals surface area contributed by atoms with Gasteiger partial charge in [-0.2, -0.15) is 0 Å². The number of ether oxygens (including phenoxy) is 1. The lowest BCUT2D eigenvalue weighted by atomic mass is 9.98. The number of benzene rings is 2. The van der Waals surface area contributed by atoms with Gasteiger partial charge in [-0.1, -0.05) is 36.4 Å². The van der Waals surface area contributed by atoms with E-state index in [1.54, 1.807) is 7.11 Å². The average molecular weight is 308 g/mol. The SMILES string of the molecule is COCc1cccc(-c2cccc3c2N2CCNCCC2C3)c1. The van der Waals surface area contributed by atoms with Crippen LogP contribution in [0.25, 0.3) is 11.1 Å². The Hall–Kier alpha value is -1.84. The van der Waals surface area contributed by atoms with Crippen LogP contribution in [0.5, 0.6) is 0 Å². The van der Waals surface area contributed by atoms with Crippen LogP contribution < -0.4 is 10.2 Å². The molecule has 1 atom stereocenters. The van der Waals surface area contributed by atoms with Crippen molar-refractivity contribution >= 4 is 5.69 Å². The summed E-state index contributed by atoms with van der Waals surface area (Å²) in [5.74, 6) is 0. The number of nitrogens with zero attached hydrogens (tertiary/aromatic N) is 1. The zero-order chi connectivity index (χ0) is 15.6. The van der Waals surface area contributed by atoms with Gasteiger partial charge in [-0.25, -0.2) is 0 Å². The molecule has 0 amide bonds. The zero-order valence-corrected chi connectivity index (χ0v) is 13.7. The van der Waals surface area contributed by atoms with Gasteiger partial charge in [0.15, 0.2) is 0 Å². The van der Waals surface area contributed by atoms with Crippen LogP contribution in [-0.2, 0) is 17.8 Å². The quantitative estimate of drug-likeness (QED) is 0.942. The summed E-state index contributed by atoms with van der Waals surface area (Å²) >= 11 is 0. The predicted octanol–water partition coefficient (Wildman–Crippen LogP) is 3.22. The maximum absolute atomic E-state index is 5.30. The first kappa shape index (κ1) is 14.7. The predicted molar refractivity (Wildman–Crippen MR) is 94.9 cm³/mol. The van der Waals surface area contributed by atoms with Crippen molar-refractivity contribution in [3.05, 3.63) is 53.6 Å². The van der Waals surface area contributed by atoms with Crippen LogP contribution in [-0.4, -0.2) is 32.8 Å². The molecule has 2 heterocycles. The van der Waals surface area contributed by atoms with Crippen molar-refractivity contribution in [2.24, 2.45) is 0 Å². The number of fused-ring (bicyclic) bond motifs is 3. The summed E-state index contributed by atoms with van der Waals surface area (Å²) in [5, 5.41) is 3.53. The topological polar surface area (TPSA) is 24.5 Å². The van der Waals surface area contributed by atoms with Gasteiger partial charge in [0, 0.05) is 37.5 Å². The summed E-state index contributed by atoms with van der Waals surface area (Å²) in [6.45, 7) is 3.98. The maximum Gasteiger partial charge on any atom is 0.0713 e. The van der Waals surface area contributed by atoms with Crippen LogP contribution in [0, 0.1) is 0 Å². The number of methoxy groups -OCH3 is 1. The summed E-state index contributed by atoms with van der Waals surface area (Å²) < 4.78 is 5.30. The molecule has 0 radical (unpaired) electrons. The highest BCUT2D eigenvalue weighted by Crippen LogP contribution is 2.41. The Morgan fingerprint density at radius 2 is 2.09 bits per heavy atom. The normalized spacial score (nSPS) is 20.0. The molecule has 3 heteroatoms. The largest absolute Gasteiger partial charge is 0.380 e. The van der Waals surface area contributed by atoms with Gasteiger partial charge in [-0.3, -0.25) is 0 Å². The summed E-state index contributed by atoms with van der Waals surface area (Å²) in [4.78, 5) is 2.63. The molecular weight excluding hydrogens is 284 g/mol. The number of rotatable bonds is 3. The molecule has 4 rings (SSSR count). The van der Waals surface area contributed by atoms with Gasteiger partial charge in [0.2, 0.25) is 0 Å². The van der Waals surface area contributed by atoms with E-state index in [-0.39, 0.29) is 0 Å². The Morgan fingerprint density at radius 1 is 1.17 bits per heavy atom. The lowest BCUT2D eigenvalue weighted by molar-refractivity contribution is 0.185. The van der Waals surface area contributed by atoms with E-state index in [0.29, 0.717) is 12.6 Å². The highest BCUT2D eigenvalue weighted by atomic mass is 16.5. The molecule has 1 fully saturated rings. The first-order valence-corrected chi connectivity index (χ1v) is 8.54. The molecule has 0 aliphatic carbocycles. The summed E-state index contributed by atoms with van der Waals surface area (Å²) in [6, 6.07) is 16.2. The van der Waals surface area contributed by atoms with Gasteiger partial charge in [0.05, 0.1) is 6.61 Å². The molecule has 2 aromatic carbocycles. The van der Waals surface area contributed by atoms with E-state index in [4.69, 9.17) is 4.74 Å². The second-order valence-electron chi connectivity index (χ2n) is 6.54. The Kier molecular flexibility index (Phi) is 4.06. The van der Waals surface area contributed by atoms with Crippen LogP contribution in [0.3, 0.4) is 0 Å². The number of hydrogen-bond donors (Lipinski definition) is 1. The molecule has 23 heavy (non-hydrogen) atoms. The third-order valence-corrected chi connectivity index (χ3v) is 5.04. The second kappa shape index (κ2) is 6.34. The minimum Gasteiger partial charge on any atom is -0.380 e. The number of nitrogens with one attached hydrogen (secondary N) is 1. The fraction of sp³-hybridized carbons (Fsp3) is 0.400. The molecular formula is C20H24N2O. The van der Waals surface area contributed by atoms with E-state index < -0.39 is 0 Å².